The van der Waals surface area contributed by atoms with Gasteiger partial charge in [-0.3, -0.25) is 4.99 Å². The van der Waals surface area contributed by atoms with Crippen LogP contribution in [0.1, 0.15) is 67.4 Å². The van der Waals surface area contributed by atoms with E-state index in [2.05, 4.69) is 107 Å². The van der Waals surface area contributed by atoms with Gasteiger partial charge in [-0.25, -0.2) is 0 Å². The molecular weight excluding hydrogens is 604 g/mol. The van der Waals surface area contributed by atoms with Crippen LogP contribution in [0, 0.1) is 5.41 Å². The zero-order chi connectivity index (χ0) is 37.0. The van der Waals surface area contributed by atoms with Crippen LogP contribution in [-0.2, 0) is 4.74 Å². The molecule has 3 aromatic rings. The van der Waals surface area contributed by atoms with Crippen LogP contribution in [0.15, 0.2) is 145 Å². The van der Waals surface area contributed by atoms with E-state index in [0.29, 0.717) is 18.2 Å². The highest BCUT2D eigenvalue weighted by Crippen LogP contribution is 2.35. The molecule has 0 aliphatic rings. The van der Waals surface area contributed by atoms with Crippen molar-refractivity contribution in [1.82, 2.24) is 10.6 Å². The minimum atomic E-state index is 0.0165. The lowest BCUT2D eigenvalue weighted by Gasteiger charge is -2.23. The van der Waals surface area contributed by atoms with Gasteiger partial charge in [0.1, 0.15) is 17.3 Å². The molecule has 0 aliphatic carbocycles. The SMILES string of the molecule is C=C.C=C/C(=C\N=CC)c1cccc(Oc2ccc(NC(=C)NC(/C=C(\C)C(C)(C)C)=C(\CC)CNC(=C)OC)c3ccccc23)c1.CC. The van der Waals surface area contributed by atoms with Gasteiger partial charge in [0, 0.05) is 41.1 Å². The molecule has 0 heterocycles. The predicted molar refractivity (Wildman–Crippen MR) is 216 cm³/mol. The van der Waals surface area contributed by atoms with Crippen molar-refractivity contribution in [2.75, 3.05) is 19.0 Å². The minimum absolute atomic E-state index is 0.0165. The molecule has 49 heavy (non-hydrogen) atoms. The molecule has 0 saturated carbocycles. The highest BCUT2D eigenvalue weighted by Gasteiger charge is 2.15. The third kappa shape index (κ3) is 13.1. The van der Waals surface area contributed by atoms with E-state index in [1.165, 1.54) is 11.1 Å². The molecule has 6 heteroatoms. The first kappa shape index (κ1) is 41.8. The number of nitrogens with one attached hydrogen (secondary N) is 3. The van der Waals surface area contributed by atoms with Crippen molar-refractivity contribution < 1.29 is 9.47 Å². The van der Waals surface area contributed by atoms with E-state index in [4.69, 9.17) is 9.47 Å². The lowest BCUT2D eigenvalue weighted by atomic mass is 9.86. The summed E-state index contributed by atoms with van der Waals surface area (Å²) in [6, 6.07) is 20.1. The monoisotopic (exact) mass is 662 g/mol. The third-order valence-corrected chi connectivity index (χ3v) is 7.53. The maximum absolute atomic E-state index is 6.43. The van der Waals surface area contributed by atoms with Gasteiger partial charge in [-0.1, -0.05) is 103 Å². The molecule has 0 aromatic heterocycles. The van der Waals surface area contributed by atoms with Crippen LogP contribution in [0.2, 0.25) is 0 Å². The molecule has 0 bridgehead atoms. The van der Waals surface area contributed by atoms with Gasteiger partial charge >= 0.3 is 0 Å². The molecule has 0 aliphatic heterocycles. The van der Waals surface area contributed by atoms with Gasteiger partial charge in [0.15, 0.2) is 5.88 Å². The number of ether oxygens (including phenoxy) is 2. The largest absolute Gasteiger partial charge is 0.483 e. The summed E-state index contributed by atoms with van der Waals surface area (Å²) in [7, 11) is 1.61. The molecule has 0 fully saturated rings. The Morgan fingerprint density at radius 3 is 2.22 bits per heavy atom. The van der Waals surface area contributed by atoms with E-state index in [1.54, 1.807) is 25.6 Å². The van der Waals surface area contributed by atoms with E-state index in [1.807, 2.05) is 69.3 Å². The Labute approximate surface area is 296 Å². The Bertz CT molecular complexity index is 1670. The summed E-state index contributed by atoms with van der Waals surface area (Å²) in [6.07, 6.45) is 8.37. The molecule has 0 radical (unpaired) electrons. The smallest absolute Gasteiger partial charge is 0.179 e. The van der Waals surface area contributed by atoms with Gasteiger partial charge in [0.25, 0.3) is 0 Å². The van der Waals surface area contributed by atoms with Gasteiger partial charge < -0.3 is 25.4 Å². The maximum atomic E-state index is 6.43. The molecule has 0 spiro atoms. The van der Waals surface area contributed by atoms with Crippen molar-refractivity contribution in [3.63, 3.8) is 0 Å². The molecule has 3 rings (SSSR count). The summed E-state index contributed by atoms with van der Waals surface area (Å²) in [5.41, 5.74) is 6.23. The maximum Gasteiger partial charge on any atom is 0.179 e. The number of benzene rings is 3. The number of hydrogen-bond donors (Lipinski definition) is 3. The molecule has 262 valence electrons. The van der Waals surface area contributed by atoms with Gasteiger partial charge in [-0.05, 0) is 79.3 Å². The Morgan fingerprint density at radius 1 is 0.959 bits per heavy atom. The molecular formula is C43H58N4O2. The minimum Gasteiger partial charge on any atom is -0.483 e. The quantitative estimate of drug-likeness (QED) is 0.0654. The van der Waals surface area contributed by atoms with Crippen molar-refractivity contribution in [3.05, 3.63) is 146 Å². The number of allylic oxidation sites excluding steroid dienone is 4. The van der Waals surface area contributed by atoms with E-state index < -0.39 is 0 Å². The van der Waals surface area contributed by atoms with Crippen LogP contribution in [0.5, 0.6) is 11.5 Å². The number of hydrogen-bond acceptors (Lipinski definition) is 6. The second-order valence-electron chi connectivity index (χ2n) is 11.6. The normalized spacial score (nSPS) is 12.0. The van der Waals surface area contributed by atoms with Crippen LogP contribution in [0.25, 0.3) is 16.3 Å². The number of fused-ring (bicyclic) bond motifs is 1. The molecule has 0 atom stereocenters. The highest BCUT2D eigenvalue weighted by atomic mass is 16.5. The van der Waals surface area contributed by atoms with Crippen molar-refractivity contribution in [2.45, 2.75) is 61.8 Å². The average molecular weight is 663 g/mol. The summed E-state index contributed by atoms with van der Waals surface area (Å²) in [5, 5.41) is 12.3. The first-order valence-corrected chi connectivity index (χ1v) is 16.7. The Morgan fingerprint density at radius 2 is 1.63 bits per heavy atom. The summed E-state index contributed by atoms with van der Waals surface area (Å²) >= 11 is 0. The van der Waals surface area contributed by atoms with E-state index >= 15 is 0 Å². The first-order chi connectivity index (χ1) is 23.5. The molecule has 6 nitrogen and oxygen atoms in total. The number of rotatable bonds is 15. The topological polar surface area (TPSA) is 66.9 Å². The average Bonchev–Trinajstić information content (AvgIpc) is 3.11. The fourth-order valence-electron chi connectivity index (χ4n) is 4.44. The second-order valence-corrected chi connectivity index (χ2v) is 11.6. The number of anilines is 1. The predicted octanol–water partition coefficient (Wildman–Crippen LogP) is 11.9. The Hall–Kier alpha value is -5.23. The molecule has 3 aromatic carbocycles. The Balaban J connectivity index is 0.00000289. The van der Waals surface area contributed by atoms with Gasteiger partial charge in [-0.15, -0.1) is 13.2 Å². The van der Waals surface area contributed by atoms with Crippen molar-refractivity contribution >= 4 is 28.2 Å². The zero-order valence-corrected chi connectivity index (χ0v) is 31.3. The van der Waals surface area contributed by atoms with E-state index in [-0.39, 0.29) is 5.41 Å². The Kier molecular flexibility index (Phi) is 18.4. The van der Waals surface area contributed by atoms with Crippen LogP contribution >= 0.6 is 0 Å². The highest BCUT2D eigenvalue weighted by molar-refractivity contribution is 5.98. The fourth-order valence-corrected chi connectivity index (χ4v) is 4.44. The van der Waals surface area contributed by atoms with Crippen LogP contribution in [0.4, 0.5) is 5.69 Å². The third-order valence-electron chi connectivity index (χ3n) is 7.53. The first-order valence-electron chi connectivity index (χ1n) is 16.7. The zero-order valence-electron chi connectivity index (χ0n) is 31.3. The summed E-state index contributed by atoms with van der Waals surface area (Å²) < 4.78 is 11.7. The molecule has 0 saturated heterocycles. The number of nitrogens with zero attached hydrogens (tertiary/aromatic N) is 1. The van der Waals surface area contributed by atoms with Crippen molar-refractivity contribution in [2.24, 2.45) is 10.4 Å². The summed E-state index contributed by atoms with van der Waals surface area (Å²) in [5.74, 6) is 2.66. The van der Waals surface area contributed by atoms with Gasteiger partial charge in [0.05, 0.1) is 7.11 Å². The summed E-state index contributed by atoms with van der Waals surface area (Å²) in [6.45, 7) is 35.6. The van der Waals surface area contributed by atoms with E-state index in [0.717, 1.165) is 51.2 Å². The number of aliphatic imine (C=N–C) groups is 1. The van der Waals surface area contributed by atoms with Crippen LogP contribution < -0.4 is 20.7 Å². The van der Waals surface area contributed by atoms with Gasteiger partial charge in [0.2, 0.25) is 0 Å². The number of methoxy groups -OCH3 is 1. The van der Waals surface area contributed by atoms with E-state index in [9.17, 15) is 0 Å². The van der Waals surface area contributed by atoms with Crippen LogP contribution in [0.3, 0.4) is 0 Å². The lowest BCUT2D eigenvalue weighted by Crippen LogP contribution is -2.24. The van der Waals surface area contributed by atoms with Gasteiger partial charge in [-0.2, -0.15) is 0 Å². The molecule has 3 N–H and O–H groups in total. The molecule has 0 unspecified atom stereocenters. The standard InChI is InChI=1S/C39H48N4O2.C2H6.C2H4/c1-11-30(25-40-13-3)32-17-16-18-33(24-32)45-38-22-21-36(34-19-14-15-20-35(34)38)42-28(5)43-37(23-27(4)39(7,8)9)31(12-2)26-41-29(6)44-10;2*1-2/h11,13-25,41-43H,1,5-6,12,26H2,2-4,7-10H3;1-2H3;1-2H2/b27-23+,30-25+,37-31+,40-13?;;. The molecule has 0 amide bonds. The van der Waals surface area contributed by atoms with Crippen LogP contribution in [-0.4, -0.2) is 19.9 Å². The summed E-state index contributed by atoms with van der Waals surface area (Å²) in [4.78, 5) is 4.25. The van der Waals surface area contributed by atoms with Crippen molar-refractivity contribution in [3.8, 4) is 11.5 Å². The van der Waals surface area contributed by atoms with Crippen molar-refractivity contribution in [1.29, 1.82) is 0 Å². The second kappa shape index (κ2) is 21.6. The lowest BCUT2D eigenvalue weighted by molar-refractivity contribution is 0.266. The fraction of sp³-hybridized carbons (Fsp3) is 0.279.